The van der Waals surface area contributed by atoms with Gasteiger partial charge >= 0.3 is 0 Å². The predicted molar refractivity (Wildman–Crippen MR) is 113 cm³/mol. The highest BCUT2D eigenvalue weighted by Crippen LogP contribution is 2.21. The summed E-state index contributed by atoms with van der Waals surface area (Å²) in [6, 6.07) is 16.4. The molecule has 1 heterocycles. The Hall–Kier alpha value is -2.21. The first-order valence-corrected chi connectivity index (χ1v) is 9.97. The summed E-state index contributed by atoms with van der Waals surface area (Å²) in [5.74, 6) is 1.80. The number of aliphatic imine (C=N–C) groups is 1. The lowest BCUT2D eigenvalue weighted by Gasteiger charge is -2.16. The maximum Gasteiger partial charge on any atom is 0.191 e. The molecule has 1 unspecified atom stereocenters. The fourth-order valence-electron chi connectivity index (χ4n) is 2.37. The molecule has 2 rings (SSSR count). The Bertz CT molecular complexity index is 633. The first-order chi connectivity index (χ1) is 12.8. The monoisotopic (exact) mass is 371 g/mol. The van der Waals surface area contributed by atoms with Crippen molar-refractivity contribution in [2.75, 3.05) is 32.0 Å². The van der Waals surface area contributed by atoms with E-state index in [9.17, 15) is 0 Å². The van der Waals surface area contributed by atoms with Crippen molar-refractivity contribution in [1.29, 1.82) is 0 Å². The van der Waals surface area contributed by atoms with Gasteiger partial charge in [-0.25, -0.2) is 4.98 Å². The van der Waals surface area contributed by atoms with Gasteiger partial charge < -0.3 is 16.0 Å². The van der Waals surface area contributed by atoms with Crippen LogP contribution in [-0.4, -0.2) is 42.9 Å². The maximum absolute atomic E-state index is 4.29. The maximum atomic E-state index is 4.29. The Labute approximate surface area is 161 Å². The van der Waals surface area contributed by atoms with E-state index < -0.39 is 0 Å². The highest BCUT2D eigenvalue weighted by Gasteiger charge is 2.05. The predicted octanol–water partition coefficient (Wildman–Crippen LogP) is 3.62. The molecule has 0 radical (unpaired) electrons. The van der Waals surface area contributed by atoms with Crippen molar-refractivity contribution in [3.63, 3.8) is 0 Å². The topological polar surface area (TPSA) is 61.3 Å². The van der Waals surface area contributed by atoms with Crippen LogP contribution < -0.4 is 16.0 Å². The minimum absolute atomic E-state index is 0.471. The number of rotatable bonds is 10. The van der Waals surface area contributed by atoms with Gasteiger partial charge in [-0.2, -0.15) is 0 Å². The van der Waals surface area contributed by atoms with Gasteiger partial charge in [-0.05, 0) is 37.1 Å². The Morgan fingerprint density at radius 2 is 1.81 bits per heavy atom. The Morgan fingerprint density at radius 1 is 1.04 bits per heavy atom. The zero-order valence-electron chi connectivity index (χ0n) is 15.6. The van der Waals surface area contributed by atoms with E-state index in [0.717, 1.165) is 44.3 Å². The Kier molecular flexibility index (Phi) is 9.43. The first kappa shape index (κ1) is 20.1. The number of hydrogen-bond donors (Lipinski definition) is 3. The van der Waals surface area contributed by atoms with E-state index in [0.29, 0.717) is 5.25 Å². The van der Waals surface area contributed by atoms with E-state index in [-0.39, 0.29) is 0 Å². The van der Waals surface area contributed by atoms with Crippen molar-refractivity contribution < 1.29 is 0 Å². The van der Waals surface area contributed by atoms with Gasteiger partial charge in [-0.1, -0.05) is 31.2 Å². The zero-order chi connectivity index (χ0) is 18.5. The van der Waals surface area contributed by atoms with Gasteiger partial charge in [0.05, 0.1) is 0 Å². The normalized spacial score (nSPS) is 12.5. The number of nitrogens with zero attached hydrogens (tertiary/aromatic N) is 2. The second-order valence-corrected chi connectivity index (χ2v) is 7.48. The summed E-state index contributed by atoms with van der Waals surface area (Å²) < 4.78 is 0. The van der Waals surface area contributed by atoms with Crippen molar-refractivity contribution in [3.05, 3.63) is 54.7 Å². The van der Waals surface area contributed by atoms with E-state index in [1.807, 2.05) is 43.1 Å². The van der Waals surface area contributed by atoms with Crippen LogP contribution in [0.25, 0.3) is 0 Å². The van der Waals surface area contributed by atoms with Crippen LogP contribution in [0.5, 0.6) is 0 Å². The van der Waals surface area contributed by atoms with E-state index in [1.54, 1.807) is 6.20 Å². The van der Waals surface area contributed by atoms with Crippen LogP contribution in [0, 0.1) is 0 Å². The highest BCUT2D eigenvalue weighted by atomic mass is 32.2. The van der Waals surface area contributed by atoms with Crippen LogP contribution in [0.1, 0.15) is 19.8 Å². The van der Waals surface area contributed by atoms with Crippen molar-refractivity contribution >= 4 is 23.5 Å². The smallest absolute Gasteiger partial charge is 0.191 e. The molecule has 0 aliphatic carbocycles. The number of guanidine groups is 1. The summed E-state index contributed by atoms with van der Waals surface area (Å²) in [5, 5.41) is 10.6. The van der Waals surface area contributed by atoms with E-state index >= 15 is 0 Å². The molecular formula is C20H29N5S. The average molecular weight is 372 g/mol. The van der Waals surface area contributed by atoms with E-state index in [4.69, 9.17) is 0 Å². The summed E-state index contributed by atoms with van der Waals surface area (Å²) in [6.07, 6.45) is 3.96. The molecule has 0 bridgehead atoms. The van der Waals surface area contributed by atoms with Crippen LogP contribution in [0.4, 0.5) is 5.82 Å². The van der Waals surface area contributed by atoms with Crippen molar-refractivity contribution in [1.82, 2.24) is 15.6 Å². The van der Waals surface area contributed by atoms with E-state index in [1.165, 1.54) is 4.90 Å². The Balaban J connectivity index is 1.54. The third-order valence-electron chi connectivity index (χ3n) is 3.73. The number of unbranched alkanes of at least 4 members (excludes halogenated alkanes) is 1. The number of pyridine rings is 1. The summed E-state index contributed by atoms with van der Waals surface area (Å²) in [7, 11) is 1.81. The van der Waals surface area contributed by atoms with Crippen LogP contribution in [0.3, 0.4) is 0 Å². The largest absolute Gasteiger partial charge is 0.370 e. The molecule has 1 atom stereocenters. The second kappa shape index (κ2) is 12.2. The lowest BCUT2D eigenvalue weighted by molar-refractivity contribution is 0.709. The van der Waals surface area contributed by atoms with Gasteiger partial charge in [0.15, 0.2) is 5.96 Å². The SMILES string of the molecule is CN=C(NCCCCNc1ccccn1)NCC(C)Sc1ccccc1. The van der Waals surface area contributed by atoms with Gasteiger partial charge in [0, 0.05) is 43.0 Å². The number of aromatic nitrogens is 1. The third-order valence-corrected chi connectivity index (χ3v) is 4.84. The van der Waals surface area contributed by atoms with E-state index in [2.05, 4.69) is 57.1 Å². The first-order valence-electron chi connectivity index (χ1n) is 9.09. The summed E-state index contributed by atoms with van der Waals surface area (Å²) in [4.78, 5) is 9.84. The summed E-state index contributed by atoms with van der Waals surface area (Å²) in [5.41, 5.74) is 0. The van der Waals surface area contributed by atoms with Crippen LogP contribution in [0.15, 0.2) is 64.6 Å². The molecule has 0 aliphatic heterocycles. The van der Waals surface area contributed by atoms with Gasteiger partial charge in [-0.3, -0.25) is 4.99 Å². The summed E-state index contributed by atoms with van der Waals surface area (Å²) in [6.45, 7) is 4.93. The van der Waals surface area contributed by atoms with Gasteiger partial charge in [0.1, 0.15) is 5.82 Å². The fraction of sp³-hybridized carbons (Fsp3) is 0.400. The van der Waals surface area contributed by atoms with Crippen LogP contribution >= 0.6 is 11.8 Å². The molecule has 0 saturated carbocycles. The molecule has 0 fully saturated rings. The van der Waals surface area contributed by atoms with Crippen LogP contribution in [0.2, 0.25) is 0 Å². The fourth-order valence-corrected chi connectivity index (χ4v) is 3.32. The average Bonchev–Trinajstić information content (AvgIpc) is 2.68. The highest BCUT2D eigenvalue weighted by molar-refractivity contribution is 8.00. The molecule has 1 aromatic carbocycles. The number of nitrogens with one attached hydrogen (secondary N) is 3. The zero-order valence-corrected chi connectivity index (χ0v) is 16.4. The lowest BCUT2D eigenvalue weighted by Crippen LogP contribution is -2.40. The quantitative estimate of drug-likeness (QED) is 0.258. The lowest BCUT2D eigenvalue weighted by atomic mass is 10.3. The second-order valence-electron chi connectivity index (χ2n) is 5.97. The number of anilines is 1. The van der Waals surface area contributed by atoms with Crippen molar-refractivity contribution in [2.24, 2.45) is 4.99 Å². The Morgan fingerprint density at radius 3 is 2.54 bits per heavy atom. The number of thioether (sulfide) groups is 1. The minimum Gasteiger partial charge on any atom is -0.370 e. The third kappa shape index (κ3) is 8.25. The van der Waals surface area contributed by atoms with Gasteiger partial charge in [-0.15, -0.1) is 11.8 Å². The minimum atomic E-state index is 0.471. The van der Waals surface area contributed by atoms with Gasteiger partial charge in [0.25, 0.3) is 0 Å². The molecule has 1 aromatic heterocycles. The molecule has 0 amide bonds. The standard InChI is InChI=1S/C20H29N5S/c1-17(26-18-10-4-3-5-11-18)16-25-20(21-2)24-15-9-8-14-23-19-12-6-7-13-22-19/h3-7,10-13,17H,8-9,14-16H2,1-2H3,(H,22,23)(H2,21,24,25). The molecule has 140 valence electrons. The molecular weight excluding hydrogens is 342 g/mol. The van der Waals surface area contributed by atoms with Crippen molar-refractivity contribution in [2.45, 2.75) is 29.9 Å². The molecule has 3 N–H and O–H groups in total. The number of benzene rings is 1. The molecule has 26 heavy (non-hydrogen) atoms. The molecule has 0 aliphatic rings. The number of hydrogen-bond acceptors (Lipinski definition) is 4. The van der Waals surface area contributed by atoms with Crippen LogP contribution in [-0.2, 0) is 0 Å². The molecule has 5 nitrogen and oxygen atoms in total. The van der Waals surface area contributed by atoms with Gasteiger partial charge in [0.2, 0.25) is 0 Å². The molecule has 0 saturated heterocycles. The molecule has 2 aromatic rings. The summed E-state index contributed by atoms with van der Waals surface area (Å²) >= 11 is 1.87. The molecule has 0 spiro atoms. The van der Waals surface area contributed by atoms with Crippen molar-refractivity contribution in [3.8, 4) is 0 Å². The molecule has 6 heteroatoms.